The number of aromatic hydroxyl groups is 1. The Morgan fingerprint density at radius 3 is 2.07 bits per heavy atom. The zero-order valence-electron chi connectivity index (χ0n) is 15.2. The molecule has 0 heterocycles. The average molecular weight is 370 g/mol. The molecule has 4 aromatic rings. The Morgan fingerprint density at radius 1 is 0.786 bits per heavy atom. The normalized spacial score (nSPS) is 10.8. The number of ether oxygens (including phenoxy) is 1. The second kappa shape index (κ2) is 7.08. The van der Waals surface area contributed by atoms with Gasteiger partial charge in [-0.25, -0.2) is 4.79 Å². The van der Waals surface area contributed by atoms with Crippen molar-refractivity contribution >= 4 is 16.7 Å². The maximum atomic E-state index is 11.9. The highest BCUT2D eigenvalue weighted by Gasteiger charge is 2.19. The summed E-state index contributed by atoms with van der Waals surface area (Å²) in [6.45, 7) is 0. The monoisotopic (exact) mass is 370 g/mol. The Bertz CT molecular complexity index is 1160. The predicted octanol–water partition coefficient (Wildman–Crippen LogP) is 5.59. The molecule has 0 unspecified atom stereocenters. The molecule has 0 atom stereocenters. The molecule has 4 rings (SSSR count). The molecule has 0 spiro atoms. The SMILES string of the molecule is COc1ccc2c(O)cc(C(=O)O)c(-c3ccc(-c4ccccc4)cc3)c2c1. The Balaban J connectivity index is 1.95. The number of phenols is 1. The van der Waals surface area contributed by atoms with E-state index in [2.05, 4.69) is 0 Å². The molecule has 0 saturated heterocycles. The van der Waals surface area contributed by atoms with E-state index in [4.69, 9.17) is 4.74 Å². The van der Waals surface area contributed by atoms with Crippen LogP contribution < -0.4 is 4.74 Å². The summed E-state index contributed by atoms with van der Waals surface area (Å²) in [4.78, 5) is 11.9. The topological polar surface area (TPSA) is 66.8 Å². The summed E-state index contributed by atoms with van der Waals surface area (Å²) in [6, 6.07) is 24.2. The number of rotatable bonds is 4. The van der Waals surface area contributed by atoms with Gasteiger partial charge in [0.25, 0.3) is 0 Å². The van der Waals surface area contributed by atoms with Crippen molar-refractivity contribution < 1.29 is 19.7 Å². The molecule has 0 aliphatic heterocycles. The molecule has 4 aromatic carbocycles. The van der Waals surface area contributed by atoms with Crippen LogP contribution in [0.2, 0.25) is 0 Å². The highest BCUT2D eigenvalue weighted by atomic mass is 16.5. The van der Waals surface area contributed by atoms with Gasteiger partial charge in [-0.3, -0.25) is 0 Å². The van der Waals surface area contributed by atoms with Crippen LogP contribution >= 0.6 is 0 Å². The fourth-order valence-electron chi connectivity index (χ4n) is 3.45. The summed E-state index contributed by atoms with van der Waals surface area (Å²) < 4.78 is 5.30. The minimum absolute atomic E-state index is 0.0470. The van der Waals surface area contributed by atoms with E-state index >= 15 is 0 Å². The first kappa shape index (κ1) is 17.6. The number of methoxy groups -OCH3 is 1. The van der Waals surface area contributed by atoms with Gasteiger partial charge in [-0.15, -0.1) is 0 Å². The smallest absolute Gasteiger partial charge is 0.336 e. The van der Waals surface area contributed by atoms with Crippen LogP contribution in [0.3, 0.4) is 0 Å². The maximum absolute atomic E-state index is 11.9. The number of hydrogen-bond donors (Lipinski definition) is 2. The summed E-state index contributed by atoms with van der Waals surface area (Å²) in [5, 5.41) is 21.3. The van der Waals surface area contributed by atoms with E-state index in [9.17, 15) is 15.0 Å². The van der Waals surface area contributed by atoms with Crippen LogP contribution in [0.15, 0.2) is 78.9 Å². The molecular weight excluding hydrogens is 352 g/mol. The Labute approximate surface area is 162 Å². The van der Waals surface area contributed by atoms with E-state index in [1.165, 1.54) is 6.07 Å². The minimum atomic E-state index is -1.10. The van der Waals surface area contributed by atoms with Gasteiger partial charge < -0.3 is 14.9 Å². The van der Waals surface area contributed by atoms with E-state index < -0.39 is 5.97 Å². The fourth-order valence-corrected chi connectivity index (χ4v) is 3.45. The molecular formula is C24H18O4. The van der Waals surface area contributed by atoms with Crippen molar-refractivity contribution in [1.82, 2.24) is 0 Å². The number of carbonyl (C=O) groups is 1. The van der Waals surface area contributed by atoms with Crippen LogP contribution in [0.25, 0.3) is 33.0 Å². The van der Waals surface area contributed by atoms with Crippen LogP contribution in [0.1, 0.15) is 10.4 Å². The molecule has 0 saturated carbocycles. The van der Waals surface area contributed by atoms with Gasteiger partial charge in [0.2, 0.25) is 0 Å². The van der Waals surface area contributed by atoms with Crippen LogP contribution in [0.5, 0.6) is 11.5 Å². The van der Waals surface area contributed by atoms with E-state index in [-0.39, 0.29) is 11.3 Å². The summed E-state index contributed by atoms with van der Waals surface area (Å²) >= 11 is 0. The van der Waals surface area contributed by atoms with Crippen molar-refractivity contribution in [3.05, 3.63) is 84.4 Å². The van der Waals surface area contributed by atoms with Crippen LogP contribution in [-0.2, 0) is 0 Å². The minimum Gasteiger partial charge on any atom is -0.507 e. The zero-order valence-corrected chi connectivity index (χ0v) is 15.2. The third-order valence-corrected chi connectivity index (χ3v) is 4.83. The lowest BCUT2D eigenvalue weighted by atomic mass is 9.91. The first-order valence-electron chi connectivity index (χ1n) is 8.81. The number of aromatic carboxylic acids is 1. The van der Waals surface area contributed by atoms with Crippen molar-refractivity contribution in [2.45, 2.75) is 0 Å². The molecule has 2 N–H and O–H groups in total. The molecule has 0 aliphatic carbocycles. The summed E-state index contributed by atoms with van der Waals surface area (Å²) in [6.07, 6.45) is 0. The van der Waals surface area contributed by atoms with Gasteiger partial charge in [-0.2, -0.15) is 0 Å². The fraction of sp³-hybridized carbons (Fsp3) is 0.0417. The number of fused-ring (bicyclic) bond motifs is 1. The van der Waals surface area contributed by atoms with Crippen molar-refractivity contribution in [3.63, 3.8) is 0 Å². The van der Waals surface area contributed by atoms with Gasteiger partial charge in [0.15, 0.2) is 0 Å². The van der Waals surface area contributed by atoms with Crippen LogP contribution in [-0.4, -0.2) is 23.3 Å². The number of carboxylic acids is 1. The molecule has 138 valence electrons. The summed E-state index contributed by atoms with van der Waals surface area (Å²) in [5.41, 5.74) is 3.49. The summed E-state index contributed by atoms with van der Waals surface area (Å²) in [5.74, 6) is -0.571. The van der Waals surface area contributed by atoms with Gasteiger partial charge in [-0.05, 0) is 46.3 Å². The molecule has 0 bridgehead atoms. The lowest BCUT2D eigenvalue weighted by Gasteiger charge is -2.14. The molecule has 4 heteroatoms. The first-order valence-corrected chi connectivity index (χ1v) is 8.81. The standard InChI is InChI=1S/C24H18O4/c1-28-18-11-12-19-20(13-18)23(21(24(26)27)14-22(19)25)17-9-7-16(8-10-17)15-5-3-2-4-6-15/h2-14,25H,1H3,(H,26,27). The molecule has 0 fully saturated rings. The van der Waals surface area contributed by atoms with E-state index in [1.54, 1.807) is 25.3 Å². The lowest BCUT2D eigenvalue weighted by molar-refractivity contribution is 0.0697. The predicted molar refractivity (Wildman–Crippen MR) is 110 cm³/mol. The van der Waals surface area contributed by atoms with Gasteiger partial charge in [-0.1, -0.05) is 54.6 Å². The van der Waals surface area contributed by atoms with Gasteiger partial charge in [0.1, 0.15) is 11.5 Å². The van der Waals surface area contributed by atoms with Crippen molar-refractivity contribution in [3.8, 4) is 33.8 Å². The quantitative estimate of drug-likeness (QED) is 0.492. The maximum Gasteiger partial charge on any atom is 0.336 e. The number of carboxylic acid groups (broad SMARTS) is 1. The molecule has 0 radical (unpaired) electrons. The zero-order chi connectivity index (χ0) is 19.7. The van der Waals surface area contributed by atoms with E-state index in [0.717, 1.165) is 16.7 Å². The van der Waals surface area contributed by atoms with Crippen molar-refractivity contribution in [1.29, 1.82) is 0 Å². The van der Waals surface area contributed by atoms with Crippen molar-refractivity contribution in [2.24, 2.45) is 0 Å². The second-order valence-electron chi connectivity index (χ2n) is 6.48. The summed E-state index contributed by atoms with van der Waals surface area (Å²) in [7, 11) is 1.55. The van der Waals surface area contributed by atoms with Crippen LogP contribution in [0.4, 0.5) is 0 Å². The number of benzene rings is 4. The number of phenolic OH excluding ortho intramolecular Hbond substituents is 1. The van der Waals surface area contributed by atoms with E-state index in [0.29, 0.717) is 22.1 Å². The van der Waals surface area contributed by atoms with Gasteiger partial charge in [0.05, 0.1) is 12.7 Å². The van der Waals surface area contributed by atoms with Crippen molar-refractivity contribution in [2.75, 3.05) is 7.11 Å². The first-order chi connectivity index (χ1) is 13.6. The highest BCUT2D eigenvalue weighted by Crippen LogP contribution is 2.39. The highest BCUT2D eigenvalue weighted by molar-refractivity contribution is 6.10. The van der Waals surface area contributed by atoms with Crippen LogP contribution in [0, 0.1) is 0 Å². The largest absolute Gasteiger partial charge is 0.507 e. The third kappa shape index (κ3) is 3.05. The molecule has 4 nitrogen and oxygen atoms in total. The third-order valence-electron chi connectivity index (χ3n) is 4.83. The van der Waals surface area contributed by atoms with E-state index in [1.807, 2.05) is 54.6 Å². The lowest BCUT2D eigenvalue weighted by Crippen LogP contribution is -2.01. The van der Waals surface area contributed by atoms with Gasteiger partial charge >= 0.3 is 5.97 Å². The number of hydrogen-bond acceptors (Lipinski definition) is 3. The van der Waals surface area contributed by atoms with Gasteiger partial charge in [0, 0.05) is 10.9 Å². The average Bonchev–Trinajstić information content (AvgIpc) is 2.74. The molecule has 0 aromatic heterocycles. The molecule has 0 aliphatic rings. The molecule has 0 amide bonds. The second-order valence-corrected chi connectivity index (χ2v) is 6.48. The Hall–Kier alpha value is -3.79. The Morgan fingerprint density at radius 2 is 1.43 bits per heavy atom. The Kier molecular flexibility index (Phi) is 4.45. The molecule has 28 heavy (non-hydrogen) atoms.